The number of aryl methyl sites for hydroxylation is 1. The van der Waals surface area contributed by atoms with E-state index in [2.05, 4.69) is 9.97 Å². The Balaban J connectivity index is 2.25. The van der Waals surface area contributed by atoms with Gasteiger partial charge >= 0.3 is 0 Å². The van der Waals surface area contributed by atoms with Crippen LogP contribution >= 0.6 is 0 Å². The van der Waals surface area contributed by atoms with E-state index in [0.717, 1.165) is 0 Å². The van der Waals surface area contributed by atoms with Gasteiger partial charge in [0.15, 0.2) is 6.23 Å². The van der Waals surface area contributed by atoms with Crippen LogP contribution in [0.1, 0.15) is 22.4 Å². The van der Waals surface area contributed by atoms with Crippen LogP contribution in [0.2, 0.25) is 0 Å². The highest BCUT2D eigenvalue weighted by molar-refractivity contribution is 6.09. The number of rotatable bonds is 4. The molecule has 1 amide bonds. The van der Waals surface area contributed by atoms with Crippen molar-refractivity contribution in [2.45, 2.75) is 31.5 Å². The number of aliphatic hydroxyl groups is 3. The van der Waals surface area contributed by atoms with E-state index < -0.39 is 37.1 Å². The van der Waals surface area contributed by atoms with Crippen LogP contribution in [-0.2, 0) is 4.74 Å². The Bertz CT molecular complexity index is 820. The van der Waals surface area contributed by atoms with Gasteiger partial charge in [-0.25, -0.2) is 9.97 Å². The third-order valence-electron chi connectivity index (χ3n) is 4.25. The van der Waals surface area contributed by atoms with E-state index in [0.29, 0.717) is 22.7 Å². The fourth-order valence-electron chi connectivity index (χ4n) is 3.05. The van der Waals surface area contributed by atoms with Gasteiger partial charge in [0, 0.05) is 20.3 Å². The highest BCUT2D eigenvalue weighted by Gasteiger charge is 2.44. The number of carbonyl (C=O) groups is 1. The van der Waals surface area contributed by atoms with Crippen molar-refractivity contribution in [3.05, 3.63) is 17.6 Å². The van der Waals surface area contributed by atoms with Crippen molar-refractivity contribution in [3.63, 3.8) is 0 Å². The fraction of sp³-hybridized carbons (Fsp3) is 0.533. The Morgan fingerprint density at radius 2 is 2.04 bits per heavy atom. The number of aromatic nitrogens is 3. The Morgan fingerprint density at radius 3 is 2.56 bits per heavy atom. The van der Waals surface area contributed by atoms with E-state index in [9.17, 15) is 20.1 Å². The molecule has 0 radical (unpaired) electrons. The van der Waals surface area contributed by atoms with Crippen molar-refractivity contribution in [2.75, 3.05) is 25.6 Å². The second-order valence-electron chi connectivity index (χ2n) is 6.23. The van der Waals surface area contributed by atoms with Gasteiger partial charge in [0.1, 0.15) is 35.6 Å². The second kappa shape index (κ2) is 6.23. The molecule has 0 unspecified atom stereocenters. The molecule has 3 rings (SSSR count). The SMILES string of the molecule is Cc1nc(N(C)C)c2c(C(N)=O)cn([C@@H]3O[C@H](CO)[C@@H](O)[C@H]3O)c2n1. The Labute approximate surface area is 143 Å². The van der Waals surface area contributed by atoms with Crippen molar-refractivity contribution < 1.29 is 24.9 Å². The molecule has 10 nitrogen and oxygen atoms in total. The smallest absolute Gasteiger partial charge is 0.251 e. The Kier molecular flexibility index (Phi) is 4.37. The normalized spacial score (nSPS) is 26.3. The van der Waals surface area contributed by atoms with Gasteiger partial charge in [-0.2, -0.15) is 0 Å². The lowest BCUT2D eigenvalue weighted by Gasteiger charge is -2.18. The monoisotopic (exact) mass is 351 g/mol. The number of primary amides is 1. The van der Waals surface area contributed by atoms with Gasteiger partial charge in [-0.1, -0.05) is 0 Å². The number of nitrogens with zero attached hydrogens (tertiary/aromatic N) is 4. The number of amides is 1. The summed E-state index contributed by atoms with van der Waals surface area (Å²) in [5, 5.41) is 30.0. The maximum Gasteiger partial charge on any atom is 0.251 e. The van der Waals surface area contributed by atoms with Crippen LogP contribution in [0.5, 0.6) is 0 Å². The third kappa shape index (κ3) is 2.72. The van der Waals surface area contributed by atoms with Crippen molar-refractivity contribution in [3.8, 4) is 0 Å². The molecule has 0 saturated carbocycles. The molecule has 0 aromatic carbocycles. The van der Waals surface area contributed by atoms with E-state index in [1.165, 1.54) is 10.8 Å². The number of ether oxygens (including phenoxy) is 1. The molecular formula is C15H21N5O5. The molecule has 0 spiro atoms. The van der Waals surface area contributed by atoms with E-state index in [-0.39, 0.29) is 5.56 Å². The van der Waals surface area contributed by atoms with Crippen molar-refractivity contribution in [2.24, 2.45) is 5.73 Å². The lowest BCUT2D eigenvalue weighted by molar-refractivity contribution is -0.0509. The molecule has 3 heterocycles. The largest absolute Gasteiger partial charge is 0.394 e. The fourth-order valence-corrected chi connectivity index (χ4v) is 3.05. The van der Waals surface area contributed by atoms with Crippen LogP contribution in [0.3, 0.4) is 0 Å². The first kappa shape index (κ1) is 17.5. The maximum absolute atomic E-state index is 11.9. The van der Waals surface area contributed by atoms with Crippen molar-refractivity contribution in [1.82, 2.24) is 14.5 Å². The first-order valence-corrected chi connectivity index (χ1v) is 7.75. The van der Waals surface area contributed by atoms with Gasteiger partial charge in [0.2, 0.25) is 0 Å². The molecular weight excluding hydrogens is 330 g/mol. The summed E-state index contributed by atoms with van der Waals surface area (Å²) in [5.74, 6) is 0.283. The first-order valence-electron chi connectivity index (χ1n) is 7.75. The third-order valence-corrected chi connectivity index (χ3v) is 4.25. The molecule has 1 fully saturated rings. The molecule has 10 heteroatoms. The first-order chi connectivity index (χ1) is 11.8. The molecule has 136 valence electrons. The Morgan fingerprint density at radius 1 is 1.36 bits per heavy atom. The number of hydrogen-bond donors (Lipinski definition) is 4. The van der Waals surface area contributed by atoms with Gasteiger partial charge in [-0.05, 0) is 6.92 Å². The standard InChI is InChI=1S/C15H21N5O5/c1-6-17-13(19(2)3)9-7(12(16)24)4-20(14(9)18-6)15-11(23)10(22)8(5-21)25-15/h4,8,10-11,15,21-23H,5H2,1-3H3,(H2,16,24)/t8-,10-,11-,15-/m1/s1. The Hall–Kier alpha value is -2.27. The molecule has 0 bridgehead atoms. The summed E-state index contributed by atoms with van der Waals surface area (Å²) >= 11 is 0. The molecule has 1 aliphatic heterocycles. The quantitative estimate of drug-likeness (QED) is 0.521. The number of fused-ring (bicyclic) bond motifs is 1. The van der Waals surface area contributed by atoms with Crippen LogP contribution in [0.4, 0.5) is 5.82 Å². The maximum atomic E-state index is 11.9. The topological polar surface area (TPSA) is 147 Å². The minimum absolute atomic E-state index is 0.177. The molecule has 1 saturated heterocycles. The summed E-state index contributed by atoms with van der Waals surface area (Å²) in [6.45, 7) is 1.25. The van der Waals surface area contributed by atoms with Gasteiger partial charge in [0.05, 0.1) is 17.6 Å². The highest BCUT2D eigenvalue weighted by atomic mass is 16.6. The minimum atomic E-state index is -1.30. The van der Waals surface area contributed by atoms with Crippen LogP contribution in [-0.4, -0.2) is 74.8 Å². The van der Waals surface area contributed by atoms with Gasteiger partial charge < -0.3 is 35.3 Å². The summed E-state index contributed by atoms with van der Waals surface area (Å²) in [6, 6.07) is 0. The molecule has 0 aliphatic carbocycles. The zero-order chi connectivity index (χ0) is 18.5. The average molecular weight is 351 g/mol. The summed E-state index contributed by atoms with van der Waals surface area (Å²) in [7, 11) is 3.55. The van der Waals surface area contributed by atoms with Crippen molar-refractivity contribution in [1.29, 1.82) is 0 Å². The van der Waals surface area contributed by atoms with Gasteiger partial charge in [-0.3, -0.25) is 4.79 Å². The predicted octanol–water partition coefficient (Wildman–Crippen LogP) is -1.48. The number of nitrogens with two attached hydrogens (primary N) is 1. The van der Waals surface area contributed by atoms with Crippen LogP contribution < -0.4 is 10.6 Å². The molecule has 5 N–H and O–H groups in total. The summed E-state index contributed by atoms with van der Waals surface area (Å²) in [5.41, 5.74) is 6.02. The highest BCUT2D eigenvalue weighted by Crippen LogP contribution is 2.35. The lowest BCUT2D eigenvalue weighted by Crippen LogP contribution is -2.33. The van der Waals surface area contributed by atoms with Crippen LogP contribution in [0, 0.1) is 6.92 Å². The average Bonchev–Trinajstić information content (AvgIpc) is 3.05. The number of aliphatic hydroxyl groups excluding tert-OH is 3. The van der Waals surface area contributed by atoms with Crippen LogP contribution in [0.25, 0.3) is 11.0 Å². The summed E-state index contributed by atoms with van der Waals surface area (Å²) < 4.78 is 6.99. The molecule has 2 aromatic rings. The zero-order valence-electron chi connectivity index (χ0n) is 14.1. The van der Waals surface area contributed by atoms with E-state index in [1.807, 2.05) is 0 Å². The number of anilines is 1. The molecule has 25 heavy (non-hydrogen) atoms. The molecule has 4 atom stereocenters. The second-order valence-corrected chi connectivity index (χ2v) is 6.23. The molecule has 1 aliphatic rings. The minimum Gasteiger partial charge on any atom is -0.394 e. The zero-order valence-corrected chi connectivity index (χ0v) is 14.1. The molecule has 2 aromatic heterocycles. The summed E-state index contributed by atoms with van der Waals surface area (Å²) in [6.07, 6.45) is -3.10. The van der Waals surface area contributed by atoms with Crippen LogP contribution in [0.15, 0.2) is 6.20 Å². The van der Waals surface area contributed by atoms with Crippen molar-refractivity contribution >= 4 is 22.8 Å². The summed E-state index contributed by atoms with van der Waals surface area (Å²) in [4.78, 5) is 22.3. The van der Waals surface area contributed by atoms with E-state index >= 15 is 0 Å². The number of hydrogen-bond acceptors (Lipinski definition) is 8. The predicted molar refractivity (Wildman–Crippen MR) is 88.1 cm³/mol. The van der Waals surface area contributed by atoms with Gasteiger partial charge in [-0.15, -0.1) is 0 Å². The number of carbonyl (C=O) groups excluding carboxylic acids is 1. The lowest BCUT2D eigenvalue weighted by atomic mass is 10.1. The van der Waals surface area contributed by atoms with E-state index in [4.69, 9.17) is 10.5 Å². The van der Waals surface area contributed by atoms with Gasteiger partial charge in [0.25, 0.3) is 5.91 Å². The van der Waals surface area contributed by atoms with E-state index in [1.54, 1.807) is 25.9 Å².